The Bertz CT molecular complexity index is 353. The number of rotatable bonds is 0. The predicted molar refractivity (Wildman–Crippen MR) is 86.6 cm³/mol. The van der Waals surface area contributed by atoms with Gasteiger partial charge in [-0.05, 0) is 47.3 Å². The standard InChI is InChI=1S/C18H32S/c1-13(2)9-10-14(3,4)17(13)18(19-17)15(5,6)11-12-16(18,7)8/h9-12H2,1-8H3. The van der Waals surface area contributed by atoms with E-state index in [1.54, 1.807) is 0 Å². The molecule has 0 aromatic rings. The van der Waals surface area contributed by atoms with Gasteiger partial charge >= 0.3 is 0 Å². The molecule has 0 atom stereocenters. The summed E-state index contributed by atoms with van der Waals surface area (Å²) in [5, 5.41) is 0. The average Bonchev–Trinajstić information content (AvgIpc) is 2.91. The van der Waals surface area contributed by atoms with Gasteiger partial charge in [0, 0.05) is 9.49 Å². The van der Waals surface area contributed by atoms with Gasteiger partial charge in [0.2, 0.25) is 0 Å². The molecule has 1 heterocycles. The summed E-state index contributed by atoms with van der Waals surface area (Å²) in [6.45, 7) is 20.4. The molecule has 0 unspecified atom stereocenters. The summed E-state index contributed by atoms with van der Waals surface area (Å²) < 4.78 is 0.993. The zero-order valence-electron chi connectivity index (χ0n) is 14.2. The average molecular weight is 281 g/mol. The molecule has 0 radical (unpaired) electrons. The quantitative estimate of drug-likeness (QED) is 0.498. The zero-order chi connectivity index (χ0) is 14.5. The lowest BCUT2D eigenvalue weighted by Gasteiger charge is -2.47. The minimum atomic E-state index is 0.486. The third kappa shape index (κ3) is 1.22. The van der Waals surface area contributed by atoms with E-state index in [4.69, 9.17) is 0 Å². The van der Waals surface area contributed by atoms with Gasteiger partial charge in [-0.25, -0.2) is 0 Å². The van der Waals surface area contributed by atoms with Crippen LogP contribution < -0.4 is 0 Å². The van der Waals surface area contributed by atoms with Crippen molar-refractivity contribution in [1.82, 2.24) is 0 Å². The first-order valence-electron chi connectivity index (χ1n) is 8.07. The second kappa shape index (κ2) is 3.23. The van der Waals surface area contributed by atoms with Crippen LogP contribution in [-0.4, -0.2) is 9.49 Å². The molecule has 0 aromatic carbocycles. The van der Waals surface area contributed by atoms with Crippen LogP contribution >= 0.6 is 11.8 Å². The molecule has 1 heteroatoms. The van der Waals surface area contributed by atoms with Crippen molar-refractivity contribution in [2.75, 3.05) is 0 Å². The van der Waals surface area contributed by atoms with Gasteiger partial charge < -0.3 is 0 Å². The van der Waals surface area contributed by atoms with Crippen molar-refractivity contribution in [2.24, 2.45) is 21.7 Å². The van der Waals surface area contributed by atoms with Crippen LogP contribution in [0.15, 0.2) is 0 Å². The second-order valence-corrected chi connectivity index (χ2v) is 11.4. The van der Waals surface area contributed by atoms with Gasteiger partial charge in [0.1, 0.15) is 0 Å². The monoisotopic (exact) mass is 280 g/mol. The second-order valence-electron chi connectivity index (χ2n) is 10.00. The van der Waals surface area contributed by atoms with Crippen molar-refractivity contribution in [2.45, 2.75) is 90.6 Å². The van der Waals surface area contributed by atoms with Gasteiger partial charge in [0.25, 0.3) is 0 Å². The normalized spacial score (nSPS) is 37.9. The smallest absolute Gasteiger partial charge is 0.0425 e. The Kier molecular flexibility index (Phi) is 2.43. The Morgan fingerprint density at radius 3 is 0.895 bits per heavy atom. The largest absolute Gasteiger partial charge is 0.143 e. The molecular formula is C18H32S. The first kappa shape index (κ1) is 14.3. The maximum atomic E-state index is 2.55. The molecule has 3 fully saturated rings. The minimum Gasteiger partial charge on any atom is -0.143 e. The molecule has 1 aliphatic heterocycles. The Balaban J connectivity index is 2.20. The SMILES string of the molecule is CC1(C)CCC(C)(C)C12SC21C(C)(C)CCC1(C)C. The molecule has 0 amide bonds. The topological polar surface area (TPSA) is 0 Å². The molecule has 1 saturated heterocycles. The van der Waals surface area contributed by atoms with E-state index in [1.165, 1.54) is 25.7 Å². The molecular weight excluding hydrogens is 248 g/mol. The first-order valence-corrected chi connectivity index (χ1v) is 8.89. The highest BCUT2D eigenvalue weighted by Crippen LogP contribution is 2.92. The Labute approximate surface area is 124 Å². The van der Waals surface area contributed by atoms with E-state index in [1.807, 2.05) is 0 Å². The number of thioether (sulfide) groups is 1. The van der Waals surface area contributed by atoms with Crippen molar-refractivity contribution in [3.05, 3.63) is 0 Å². The van der Waals surface area contributed by atoms with Gasteiger partial charge in [-0.15, -0.1) is 11.8 Å². The van der Waals surface area contributed by atoms with Crippen molar-refractivity contribution in [3.63, 3.8) is 0 Å². The Hall–Kier alpha value is 0.350. The molecule has 0 bridgehead atoms. The summed E-state index contributed by atoms with van der Waals surface area (Å²) in [7, 11) is 0. The van der Waals surface area contributed by atoms with E-state index >= 15 is 0 Å². The van der Waals surface area contributed by atoms with Crippen LogP contribution in [-0.2, 0) is 0 Å². The fourth-order valence-corrected chi connectivity index (χ4v) is 9.48. The first-order chi connectivity index (χ1) is 8.37. The Morgan fingerprint density at radius 1 is 0.474 bits per heavy atom. The highest BCUT2D eigenvalue weighted by molar-refractivity contribution is 8.10. The molecule has 0 N–H and O–H groups in total. The van der Waals surface area contributed by atoms with E-state index in [0.717, 1.165) is 0 Å². The van der Waals surface area contributed by atoms with Gasteiger partial charge in [0.15, 0.2) is 0 Å². The van der Waals surface area contributed by atoms with E-state index in [-0.39, 0.29) is 0 Å². The van der Waals surface area contributed by atoms with E-state index < -0.39 is 0 Å². The molecule has 0 aromatic heterocycles. The van der Waals surface area contributed by atoms with E-state index in [2.05, 4.69) is 67.2 Å². The third-order valence-corrected chi connectivity index (χ3v) is 10.6. The number of hydrogen-bond acceptors (Lipinski definition) is 1. The number of fused-ring (bicyclic) bond motifs is 1. The van der Waals surface area contributed by atoms with Crippen LogP contribution in [0.2, 0.25) is 0 Å². The fourth-order valence-electron chi connectivity index (χ4n) is 6.45. The van der Waals surface area contributed by atoms with Crippen molar-refractivity contribution in [3.8, 4) is 0 Å². The van der Waals surface area contributed by atoms with E-state index in [9.17, 15) is 0 Å². The van der Waals surface area contributed by atoms with Crippen LogP contribution in [0.25, 0.3) is 0 Å². The summed E-state index contributed by atoms with van der Waals surface area (Å²) in [6, 6.07) is 0. The van der Waals surface area contributed by atoms with Crippen molar-refractivity contribution in [1.29, 1.82) is 0 Å². The van der Waals surface area contributed by atoms with Gasteiger partial charge in [0.05, 0.1) is 0 Å². The molecule has 2 saturated carbocycles. The van der Waals surface area contributed by atoms with Crippen LogP contribution in [0.4, 0.5) is 0 Å². The Morgan fingerprint density at radius 2 is 0.684 bits per heavy atom. The predicted octanol–water partition coefficient (Wildman–Crippen LogP) is 5.90. The summed E-state index contributed by atoms with van der Waals surface area (Å²) in [5.41, 5.74) is 1.94. The lowest BCUT2D eigenvalue weighted by molar-refractivity contribution is 0.0926. The summed E-state index contributed by atoms with van der Waals surface area (Å²) in [4.78, 5) is 0. The molecule has 2 spiro atoms. The van der Waals surface area contributed by atoms with Crippen molar-refractivity contribution < 1.29 is 0 Å². The highest BCUT2D eigenvalue weighted by atomic mass is 32.2. The van der Waals surface area contributed by atoms with Gasteiger partial charge in [-0.3, -0.25) is 0 Å². The van der Waals surface area contributed by atoms with Crippen LogP contribution in [0.3, 0.4) is 0 Å². The molecule has 19 heavy (non-hydrogen) atoms. The fraction of sp³-hybridized carbons (Fsp3) is 1.00. The molecule has 2 aliphatic carbocycles. The minimum absolute atomic E-state index is 0.486. The zero-order valence-corrected chi connectivity index (χ0v) is 15.1. The highest BCUT2D eigenvalue weighted by Gasteiger charge is 2.89. The van der Waals surface area contributed by atoms with Gasteiger partial charge in [-0.1, -0.05) is 55.4 Å². The van der Waals surface area contributed by atoms with Gasteiger partial charge in [-0.2, -0.15) is 0 Å². The maximum absolute atomic E-state index is 2.55. The van der Waals surface area contributed by atoms with Crippen LogP contribution in [0.1, 0.15) is 81.1 Å². The van der Waals surface area contributed by atoms with Crippen LogP contribution in [0, 0.1) is 21.7 Å². The molecule has 0 nitrogen and oxygen atoms in total. The molecule has 110 valence electrons. The molecule has 3 aliphatic rings. The van der Waals surface area contributed by atoms with Crippen LogP contribution in [0.5, 0.6) is 0 Å². The van der Waals surface area contributed by atoms with Crippen molar-refractivity contribution >= 4 is 11.8 Å². The number of hydrogen-bond donors (Lipinski definition) is 0. The lowest BCUT2D eigenvalue weighted by Crippen LogP contribution is -2.53. The third-order valence-electron chi connectivity index (χ3n) is 7.32. The van der Waals surface area contributed by atoms with E-state index in [0.29, 0.717) is 31.2 Å². The lowest BCUT2D eigenvalue weighted by atomic mass is 9.55. The summed E-state index contributed by atoms with van der Waals surface area (Å²) in [5.74, 6) is 0. The summed E-state index contributed by atoms with van der Waals surface area (Å²) >= 11 is 2.38. The maximum Gasteiger partial charge on any atom is 0.0425 e. The summed E-state index contributed by atoms with van der Waals surface area (Å²) in [6.07, 6.45) is 5.61. The molecule has 3 rings (SSSR count).